The Labute approximate surface area is 149 Å². The van der Waals surface area contributed by atoms with Crippen molar-refractivity contribution in [1.82, 2.24) is 10.2 Å². The van der Waals surface area contributed by atoms with Gasteiger partial charge in [-0.15, -0.1) is 0 Å². The summed E-state index contributed by atoms with van der Waals surface area (Å²) in [5, 5.41) is 13.5. The van der Waals surface area contributed by atoms with Crippen LogP contribution in [-0.2, 0) is 10.3 Å². The van der Waals surface area contributed by atoms with Crippen LogP contribution in [0.2, 0.25) is 0 Å². The lowest BCUT2D eigenvalue weighted by molar-refractivity contribution is -0.384. The predicted octanol–water partition coefficient (Wildman–Crippen LogP) is 2.44. The number of rotatable bonds is 6. The minimum Gasteiger partial charge on any atom is -0.491 e. The molecule has 1 saturated heterocycles. The quantitative estimate of drug-likeness (QED) is 0.487. The maximum atomic E-state index is 12.7. The third kappa shape index (κ3) is 3.21. The molecule has 0 unspecified atom stereocenters. The van der Waals surface area contributed by atoms with Crippen LogP contribution in [0.5, 0.6) is 5.75 Å². The highest BCUT2D eigenvalue weighted by atomic mass is 16.6. The highest BCUT2D eigenvalue weighted by Gasteiger charge is 2.48. The lowest BCUT2D eigenvalue weighted by Gasteiger charge is -2.22. The summed E-state index contributed by atoms with van der Waals surface area (Å²) in [6.45, 7) is 1.73. The Morgan fingerprint density at radius 1 is 1.15 bits per heavy atom. The van der Waals surface area contributed by atoms with Gasteiger partial charge in [-0.2, -0.15) is 0 Å². The number of benzene rings is 2. The average Bonchev–Trinajstić information content (AvgIpc) is 2.86. The Morgan fingerprint density at radius 2 is 1.88 bits per heavy atom. The van der Waals surface area contributed by atoms with E-state index in [1.54, 1.807) is 37.3 Å². The Morgan fingerprint density at radius 3 is 2.58 bits per heavy atom. The number of nitrogens with zero attached hydrogens (tertiary/aromatic N) is 2. The summed E-state index contributed by atoms with van der Waals surface area (Å²) in [5.41, 5.74) is -0.515. The van der Waals surface area contributed by atoms with Gasteiger partial charge in [-0.25, -0.2) is 4.79 Å². The van der Waals surface area contributed by atoms with E-state index in [1.807, 2.05) is 6.07 Å². The fraction of sp³-hybridized carbons (Fsp3) is 0.222. The van der Waals surface area contributed by atoms with Crippen molar-refractivity contribution in [2.75, 3.05) is 13.2 Å². The monoisotopic (exact) mass is 355 g/mol. The molecule has 0 saturated carbocycles. The number of nitrogens with one attached hydrogen (secondary N) is 1. The number of carbonyl (C=O) groups is 2. The van der Waals surface area contributed by atoms with Gasteiger partial charge in [-0.3, -0.25) is 19.8 Å². The van der Waals surface area contributed by atoms with Crippen LogP contribution in [0.25, 0.3) is 0 Å². The number of imide groups is 1. The molecule has 8 heteroatoms. The van der Waals surface area contributed by atoms with Crippen molar-refractivity contribution in [1.29, 1.82) is 0 Å². The fourth-order valence-corrected chi connectivity index (χ4v) is 2.81. The van der Waals surface area contributed by atoms with Crippen LogP contribution >= 0.6 is 0 Å². The summed E-state index contributed by atoms with van der Waals surface area (Å²) < 4.78 is 5.45. The van der Waals surface area contributed by atoms with Gasteiger partial charge in [0, 0.05) is 6.07 Å². The maximum absolute atomic E-state index is 12.7. The standard InChI is InChI=1S/C18H17N3O5/c1-18(13-6-3-2-4-7-13)16(22)20(17(23)19-18)10-11-26-15-9-5-8-14(12-15)21(24)25/h2-9,12H,10-11H2,1H3,(H,19,23)/t18-/m0/s1. The third-order valence-corrected chi connectivity index (χ3v) is 4.24. The largest absolute Gasteiger partial charge is 0.491 e. The van der Waals surface area contributed by atoms with Crippen LogP contribution in [0.1, 0.15) is 12.5 Å². The zero-order chi connectivity index (χ0) is 18.7. The van der Waals surface area contributed by atoms with Gasteiger partial charge in [0.05, 0.1) is 17.5 Å². The van der Waals surface area contributed by atoms with E-state index in [1.165, 1.54) is 18.2 Å². The number of nitro groups is 1. The van der Waals surface area contributed by atoms with Crippen molar-refractivity contribution >= 4 is 17.6 Å². The average molecular weight is 355 g/mol. The minimum absolute atomic E-state index is 0.0329. The molecular weight excluding hydrogens is 338 g/mol. The van der Waals surface area contributed by atoms with Gasteiger partial charge in [0.15, 0.2) is 0 Å². The van der Waals surface area contributed by atoms with E-state index in [0.717, 1.165) is 4.90 Å². The predicted molar refractivity (Wildman–Crippen MR) is 92.6 cm³/mol. The SMILES string of the molecule is C[C@@]1(c2ccccc2)NC(=O)N(CCOc2cccc([N+](=O)[O-])c2)C1=O. The lowest BCUT2D eigenvalue weighted by Crippen LogP contribution is -2.41. The van der Waals surface area contributed by atoms with Crippen LogP contribution in [0.4, 0.5) is 10.5 Å². The van der Waals surface area contributed by atoms with Crippen molar-refractivity contribution in [3.8, 4) is 5.75 Å². The van der Waals surface area contributed by atoms with Gasteiger partial charge in [-0.1, -0.05) is 36.4 Å². The molecule has 0 aliphatic carbocycles. The van der Waals surface area contributed by atoms with E-state index in [4.69, 9.17) is 4.74 Å². The Kier molecular flexibility index (Phi) is 4.57. The first-order valence-electron chi connectivity index (χ1n) is 7.99. The smallest absolute Gasteiger partial charge is 0.325 e. The normalized spacial score (nSPS) is 19.3. The minimum atomic E-state index is -1.12. The van der Waals surface area contributed by atoms with E-state index >= 15 is 0 Å². The molecule has 8 nitrogen and oxygen atoms in total. The summed E-state index contributed by atoms with van der Waals surface area (Å²) in [5.74, 6) is -0.0617. The molecule has 2 aromatic carbocycles. The molecule has 1 heterocycles. The van der Waals surface area contributed by atoms with Gasteiger partial charge in [0.2, 0.25) is 0 Å². The van der Waals surface area contributed by atoms with E-state index in [9.17, 15) is 19.7 Å². The molecule has 1 aliphatic heterocycles. The van der Waals surface area contributed by atoms with E-state index in [2.05, 4.69) is 5.32 Å². The van der Waals surface area contributed by atoms with Crippen LogP contribution in [-0.4, -0.2) is 34.9 Å². The number of hydrogen-bond donors (Lipinski definition) is 1. The Hall–Kier alpha value is -3.42. The summed E-state index contributed by atoms with van der Waals surface area (Å²) in [7, 11) is 0. The van der Waals surface area contributed by atoms with Crippen molar-refractivity contribution in [2.24, 2.45) is 0 Å². The number of non-ortho nitro benzene ring substituents is 1. The number of urea groups is 1. The zero-order valence-electron chi connectivity index (χ0n) is 14.0. The third-order valence-electron chi connectivity index (χ3n) is 4.24. The first-order chi connectivity index (χ1) is 12.4. The zero-order valence-corrected chi connectivity index (χ0v) is 14.0. The molecular formula is C18H17N3O5. The van der Waals surface area contributed by atoms with Crippen LogP contribution < -0.4 is 10.1 Å². The number of amides is 3. The molecule has 0 aromatic heterocycles. The highest BCUT2D eigenvalue weighted by Crippen LogP contribution is 2.28. The van der Waals surface area contributed by atoms with Crippen LogP contribution in [0.3, 0.4) is 0 Å². The van der Waals surface area contributed by atoms with Crippen LogP contribution in [0.15, 0.2) is 54.6 Å². The Balaban J connectivity index is 1.66. The number of nitro benzene ring substituents is 1. The lowest BCUT2D eigenvalue weighted by atomic mass is 9.92. The number of ether oxygens (including phenoxy) is 1. The van der Waals surface area contributed by atoms with Gasteiger partial charge in [0.25, 0.3) is 11.6 Å². The second kappa shape index (κ2) is 6.83. The van der Waals surface area contributed by atoms with Crippen LogP contribution in [0, 0.1) is 10.1 Å². The van der Waals surface area contributed by atoms with Crippen molar-refractivity contribution in [3.63, 3.8) is 0 Å². The first-order valence-corrected chi connectivity index (χ1v) is 7.99. The topological polar surface area (TPSA) is 102 Å². The molecule has 1 N–H and O–H groups in total. The van der Waals surface area contributed by atoms with Gasteiger partial charge in [0.1, 0.15) is 17.9 Å². The Bertz CT molecular complexity index is 855. The molecule has 3 rings (SSSR count). The van der Waals surface area contributed by atoms with E-state index in [0.29, 0.717) is 11.3 Å². The molecule has 1 aliphatic rings. The first kappa shape index (κ1) is 17.4. The molecule has 0 bridgehead atoms. The molecule has 134 valence electrons. The van der Waals surface area contributed by atoms with Gasteiger partial charge < -0.3 is 10.1 Å². The van der Waals surface area contributed by atoms with E-state index in [-0.39, 0.29) is 24.7 Å². The fourth-order valence-electron chi connectivity index (χ4n) is 2.81. The van der Waals surface area contributed by atoms with Crippen molar-refractivity contribution in [3.05, 3.63) is 70.3 Å². The molecule has 1 fully saturated rings. The van der Waals surface area contributed by atoms with E-state index < -0.39 is 16.5 Å². The van der Waals surface area contributed by atoms with Crippen molar-refractivity contribution < 1.29 is 19.2 Å². The molecule has 2 aromatic rings. The summed E-state index contributed by atoms with van der Waals surface area (Å²) in [4.78, 5) is 36.3. The molecule has 0 radical (unpaired) electrons. The summed E-state index contributed by atoms with van der Waals surface area (Å²) >= 11 is 0. The van der Waals surface area contributed by atoms with Crippen molar-refractivity contribution in [2.45, 2.75) is 12.5 Å². The summed E-state index contributed by atoms with van der Waals surface area (Å²) in [6.07, 6.45) is 0. The van der Waals surface area contributed by atoms with Gasteiger partial charge in [-0.05, 0) is 18.6 Å². The highest BCUT2D eigenvalue weighted by molar-refractivity contribution is 6.07. The molecule has 1 atom stereocenters. The maximum Gasteiger partial charge on any atom is 0.325 e. The molecule has 26 heavy (non-hydrogen) atoms. The second-order valence-corrected chi connectivity index (χ2v) is 5.98. The second-order valence-electron chi connectivity index (χ2n) is 5.98. The number of hydrogen-bond acceptors (Lipinski definition) is 5. The molecule has 3 amide bonds. The number of carbonyl (C=O) groups excluding carboxylic acids is 2. The summed E-state index contributed by atoms with van der Waals surface area (Å²) in [6, 6.07) is 14.2. The van der Waals surface area contributed by atoms with Gasteiger partial charge >= 0.3 is 6.03 Å². The molecule has 0 spiro atoms.